The largest absolute Gasteiger partial charge is 0.444 e. The fraction of sp³-hybridized carbons (Fsp3) is 0.542. The number of piperazine rings is 1. The minimum atomic E-state index is -0.827. The van der Waals surface area contributed by atoms with Gasteiger partial charge in [-0.15, -0.1) is 5.10 Å². The Kier molecular flexibility index (Phi) is 7.69. The lowest BCUT2D eigenvalue weighted by Crippen LogP contribution is -2.54. The second-order valence-corrected chi connectivity index (χ2v) is 10.2. The summed E-state index contributed by atoms with van der Waals surface area (Å²) in [6.07, 6.45) is 1.16. The summed E-state index contributed by atoms with van der Waals surface area (Å²) in [5.74, 6) is -1.97. The number of carbonyl (C=O) groups excluding carboxylic acids is 3. The van der Waals surface area contributed by atoms with E-state index in [2.05, 4.69) is 15.6 Å². The molecule has 12 nitrogen and oxygen atoms in total. The summed E-state index contributed by atoms with van der Waals surface area (Å²) >= 11 is 0. The molecule has 38 heavy (non-hydrogen) atoms. The van der Waals surface area contributed by atoms with Crippen molar-refractivity contribution in [1.29, 1.82) is 0 Å². The van der Waals surface area contributed by atoms with Crippen molar-refractivity contribution < 1.29 is 32.6 Å². The highest BCUT2D eigenvalue weighted by Crippen LogP contribution is 2.31. The van der Waals surface area contributed by atoms with Crippen molar-refractivity contribution in [3.63, 3.8) is 0 Å². The van der Waals surface area contributed by atoms with Gasteiger partial charge in [-0.05, 0) is 27.7 Å². The van der Waals surface area contributed by atoms with Crippen LogP contribution >= 0.6 is 0 Å². The molecule has 14 heteroatoms. The van der Waals surface area contributed by atoms with Crippen LogP contribution in [0, 0.1) is 11.6 Å². The van der Waals surface area contributed by atoms with Gasteiger partial charge in [-0.3, -0.25) is 9.69 Å². The SMILES string of the molecule is C[C@H](NC(=O)OC(C)(C)C)C(=O)N1CCN(c2c(F)cc(N3C[C@H](Cn4ccnn4)OC3=O)cc2F)CC1. The quantitative estimate of drug-likeness (QED) is 0.597. The van der Waals surface area contributed by atoms with Crippen LogP contribution in [0.15, 0.2) is 24.5 Å². The number of benzene rings is 1. The van der Waals surface area contributed by atoms with Gasteiger partial charge in [0.05, 0.1) is 25.0 Å². The Morgan fingerprint density at radius 2 is 1.84 bits per heavy atom. The van der Waals surface area contributed by atoms with Gasteiger partial charge in [0.1, 0.15) is 23.4 Å². The highest BCUT2D eigenvalue weighted by atomic mass is 19.1. The van der Waals surface area contributed by atoms with Crippen molar-refractivity contribution >= 4 is 29.5 Å². The van der Waals surface area contributed by atoms with Gasteiger partial charge in [0, 0.05) is 44.5 Å². The van der Waals surface area contributed by atoms with Crippen molar-refractivity contribution in [2.24, 2.45) is 0 Å². The van der Waals surface area contributed by atoms with Crippen LogP contribution in [0.2, 0.25) is 0 Å². The zero-order valence-electron chi connectivity index (χ0n) is 21.7. The first-order valence-corrected chi connectivity index (χ1v) is 12.3. The zero-order valence-corrected chi connectivity index (χ0v) is 21.7. The molecule has 0 radical (unpaired) electrons. The van der Waals surface area contributed by atoms with Crippen LogP contribution in [0.1, 0.15) is 27.7 Å². The third kappa shape index (κ3) is 6.29. The van der Waals surface area contributed by atoms with Gasteiger partial charge in [-0.25, -0.2) is 23.1 Å². The standard InChI is InChI=1S/C24H31F2N7O5/c1-15(28-22(35)38-24(2,3)4)21(34)31-9-7-30(8-10-31)20-18(25)11-16(12-19(20)26)33-14-17(37-23(33)36)13-32-6-5-27-29-32/h5-6,11-12,15,17H,7-10,13-14H2,1-4H3,(H,28,35)/t15-,17-/m0/s1. The number of alkyl carbamates (subject to hydrolysis) is 1. The molecule has 2 aromatic rings. The maximum Gasteiger partial charge on any atom is 0.414 e. The molecule has 206 valence electrons. The summed E-state index contributed by atoms with van der Waals surface area (Å²) in [5, 5.41) is 10.0. The summed E-state index contributed by atoms with van der Waals surface area (Å²) in [5.41, 5.74) is -0.880. The van der Waals surface area contributed by atoms with Crippen LogP contribution in [0.25, 0.3) is 0 Å². The number of anilines is 2. The lowest BCUT2D eigenvalue weighted by atomic mass is 10.1. The minimum Gasteiger partial charge on any atom is -0.444 e. The van der Waals surface area contributed by atoms with Crippen LogP contribution in [0.5, 0.6) is 0 Å². The van der Waals surface area contributed by atoms with Gasteiger partial charge < -0.3 is 24.6 Å². The number of nitrogens with one attached hydrogen (secondary N) is 1. The average molecular weight is 536 g/mol. The Morgan fingerprint density at radius 3 is 2.42 bits per heavy atom. The smallest absolute Gasteiger partial charge is 0.414 e. The van der Waals surface area contributed by atoms with Gasteiger partial charge in [0.2, 0.25) is 5.91 Å². The number of halogens is 2. The lowest BCUT2D eigenvalue weighted by Gasteiger charge is -2.37. The monoisotopic (exact) mass is 535 g/mol. The second-order valence-electron chi connectivity index (χ2n) is 10.2. The lowest BCUT2D eigenvalue weighted by molar-refractivity contribution is -0.133. The molecule has 0 saturated carbocycles. The average Bonchev–Trinajstić information content (AvgIpc) is 3.46. The zero-order chi connectivity index (χ0) is 27.6. The van der Waals surface area contributed by atoms with Gasteiger partial charge in [-0.2, -0.15) is 0 Å². The van der Waals surface area contributed by atoms with E-state index < -0.39 is 41.6 Å². The van der Waals surface area contributed by atoms with E-state index in [1.54, 1.807) is 33.9 Å². The fourth-order valence-corrected chi connectivity index (χ4v) is 4.35. The molecule has 3 heterocycles. The molecule has 2 fully saturated rings. The first kappa shape index (κ1) is 27.1. The maximum absolute atomic E-state index is 15.1. The van der Waals surface area contributed by atoms with Crippen molar-refractivity contribution in [3.8, 4) is 0 Å². The van der Waals surface area contributed by atoms with E-state index in [0.717, 1.165) is 12.1 Å². The molecule has 3 amide bonds. The van der Waals surface area contributed by atoms with E-state index in [0.29, 0.717) is 0 Å². The van der Waals surface area contributed by atoms with Crippen molar-refractivity contribution in [2.75, 3.05) is 42.5 Å². The van der Waals surface area contributed by atoms with E-state index in [9.17, 15) is 14.4 Å². The Bertz CT molecular complexity index is 1160. The molecule has 2 aliphatic rings. The molecule has 1 aromatic carbocycles. The predicted molar refractivity (Wildman–Crippen MR) is 132 cm³/mol. The van der Waals surface area contributed by atoms with E-state index in [1.165, 1.54) is 25.6 Å². The topological polar surface area (TPSA) is 122 Å². The molecule has 4 rings (SSSR count). The van der Waals surface area contributed by atoms with E-state index in [-0.39, 0.29) is 56.6 Å². The molecule has 2 aliphatic heterocycles. The van der Waals surface area contributed by atoms with Crippen LogP contribution in [0.4, 0.5) is 29.7 Å². The third-order valence-corrected chi connectivity index (χ3v) is 6.06. The number of cyclic esters (lactones) is 1. The number of hydrogen-bond donors (Lipinski definition) is 1. The highest BCUT2D eigenvalue weighted by molar-refractivity contribution is 5.90. The summed E-state index contributed by atoms with van der Waals surface area (Å²) in [4.78, 5) is 41.3. The van der Waals surface area contributed by atoms with Gasteiger partial charge in [-0.1, -0.05) is 5.21 Å². The number of hydrogen-bond acceptors (Lipinski definition) is 8. The molecule has 0 bridgehead atoms. The highest BCUT2D eigenvalue weighted by Gasteiger charge is 2.35. The number of amides is 3. The Balaban J connectivity index is 1.35. The summed E-state index contributed by atoms with van der Waals surface area (Å²) in [7, 11) is 0. The number of aromatic nitrogens is 3. The molecule has 0 unspecified atom stereocenters. The van der Waals surface area contributed by atoms with Crippen molar-refractivity contribution in [1.82, 2.24) is 25.2 Å². The fourth-order valence-electron chi connectivity index (χ4n) is 4.35. The van der Waals surface area contributed by atoms with Crippen molar-refractivity contribution in [3.05, 3.63) is 36.2 Å². The first-order valence-electron chi connectivity index (χ1n) is 12.3. The Morgan fingerprint density at radius 1 is 1.18 bits per heavy atom. The summed E-state index contributed by atoms with van der Waals surface area (Å²) < 4.78 is 42.2. The van der Waals surface area contributed by atoms with Crippen LogP contribution < -0.4 is 15.1 Å². The Labute approximate surface area is 218 Å². The molecule has 2 saturated heterocycles. The van der Waals surface area contributed by atoms with Crippen LogP contribution in [-0.4, -0.2) is 88.5 Å². The predicted octanol–water partition coefficient (Wildman–Crippen LogP) is 2.14. The number of rotatable bonds is 6. The summed E-state index contributed by atoms with van der Waals surface area (Å²) in [6, 6.07) is 1.38. The molecule has 1 N–H and O–H groups in total. The Hall–Kier alpha value is -3.97. The van der Waals surface area contributed by atoms with Gasteiger partial charge in [0.25, 0.3) is 0 Å². The van der Waals surface area contributed by atoms with Gasteiger partial charge >= 0.3 is 12.2 Å². The molecule has 1 aromatic heterocycles. The van der Waals surface area contributed by atoms with Gasteiger partial charge in [0.15, 0.2) is 11.6 Å². The third-order valence-electron chi connectivity index (χ3n) is 6.06. The van der Waals surface area contributed by atoms with E-state index >= 15 is 8.78 Å². The number of ether oxygens (including phenoxy) is 2. The molecule has 0 spiro atoms. The second kappa shape index (κ2) is 10.8. The number of carbonyl (C=O) groups is 3. The molecular formula is C24H31F2N7O5. The normalized spacial score (nSPS) is 18.8. The van der Waals surface area contributed by atoms with E-state index in [4.69, 9.17) is 9.47 Å². The molecule has 0 aliphatic carbocycles. The van der Waals surface area contributed by atoms with E-state index in [1.807, 2.05) is 0 Å². The number of nitrogens with zero attached hydrogens (tertiary/aromatic N) is 6. The van der Waals surface area contributed by atoms with Crippen LogP contribution in [-0.2, 0) is 20.8 Å². The molecule has 2 atom stereocenters. The molecular weight excluding hydrogens is 504 g/mol. The summed E-state index contributed by atoms with van der Waals surface area (Å²) in [6.45, 7) is 7.87. The van der Waals surface area contributed by atoms with Crippen molar-refractivity contribution in [2.45, 2.75) is 52.0 Å². The maximum atomic E-state index is 15.1. The minimum absolute atomic E-state index is 0.0469. The first-order chi connectivity index (χ1) is 17.9. The van der Waals surface area contributed by atoms with Crippen LogP contribution in [0.3, 0.4) is 0 Å².